The third-order valence-corrected chi connectivity index (χ3v) is 3.53. The second-order valence-corrected chi connectivity index (χ2v) is 4.92. The summed E-state index contributed by atoms with van der Waals surface area (Å²) in [4.78, 5) is 11.7. The molecule has 4 nitrogen and oxygen atoms in total. The Morgan fingerprint density at radius 3 is 3.00 bits per heavy atom. The topological polar surface area (TPSA) is 61.4 Å². The van der Waals surface area contributed by atoms with Gasteiger partial charge >= 0.3 is 0 Å². The minimum Gasteiger partial charge on any atom is -0.396 e. The Kier molecular flexibility index (Phi) is 4.87. The monoisotopic (exact) mass is 266 g/mol. The number of hydrogen-bond donors (Lipinski definition) is 3. The molecular weight excluding hydrogens is 247 g/mol. The van der Waals surface area contributed by atoms with E-state index in [1.165, 1.54) is 12.1 Å². The first-order valence-electron chi connectivity index (χ1n) is 6.58. The first-order valence-corrected chi connectivity index (χ1v) is 6.58. The lowest BCUT2D eigenvalue weighted by atomic mass is 10.1. The molecule has 0 saturated heterocycles. The molecule has 1 amide bonds. The van der Waals surface area contributed by atoms with Crippen LogP contribution in [0.15, 0.2) is 24.3 Å². The Bertz CT molecular complexity index is 439. The molecule has 5 heteroatoms. The maximum Gasteiger partial charge on any atom is 0.238 e. The number of halogens is 1. The van der Waals surface area contributed by atoms with Crippen molar-refractivity contribution < 1.29 is 14.3 Å². The molecule has 1 aromatic carbocycles. The minimum atomic E-state index is -0.373. The second kappa shape index (κ2) is 6.63. The van der Waals surface area contributed by atoms with Crippen LogP contribution in [-0.4, -0.2) is 30.2 Å². The van der Waals surface area contributed by atoms with Crippen molar-refractivity contribution in [2.24, 2.45) is 5.92 Å². The Hall–Kier alpha value is -1.46. The van der Waals surface area contributed by atoms with Gasteiger partial charge in [0.2, 0.25) is 5.91 Å². The van der Waals surface area contributed by atoms with Crippen molar-refractivity contribution in [1.29, 1.82) is 0 Å². The third-order valence-electron chi connectivity index (χ3n) is 3.53. The van der Waals surface area contributed by atoms with E-state index in [4.69, 9.17) is 0 Å². The highest BCUT2D eigenvalue weighted by atomic mass is 19.1. The Labute approximate surface area is 112 Å². The summed E-state index contributed by atoms with van der Waals surface area (Å²) in [6.45, 7) is 0.334. The maximum absolute atomic E-state index is 13.0. The van der Waals surface area contributed by atoms with E-state index >= 15 is 0 Å². The average molecular weight is 266 g/mol. The molecule has 1 aromatic rings. The van der Waals surface area contributed by atoms with Gasteiger partial charge in [0.25, 0.3) is 0 Å². The van der Waals surface area contributed by atoms with Crippen LogP contribution < -0.4 is 10.6 Å². The van der Waals surface area contributed by atoms with Gasteiger partial charge < -0.3 is 15.7 Å². The van der Waals surface area contributed by atoms with Gasteiger partial charge in [0.15, 0.2) is 0 Å². The number of rotatable bonds is 5. The molecule has 2 atom stereocenters. The normalized spacial score (nSPS) is 22.4. The third kappa shape index (κ3) is 4.01. The number of carbonyl (C=O) groups excluding carboxylic acids is 1. The number of benzene rings is 1. The lowest BCUT2D eigenvalue weighted by molar-refractivity contribution is -0.115. The highest BCUT2D eigenvalue weighted by molar-refractivity contribution is 5.92. The summed E-state index contributed by atoms with van der Waals surface area (Å²) in [5, 5.41) is 15.0. The molecular formula is C14H19FN2O2. The number of nitrogens with one attached hydrogen (secondary N) is 2. The molecule has 0 heterocycles. The quantitative estimate of drug-likeness (QED) is 0.757. The summed E-state index contributed by atoms with van der Waals surface area (Å²) in [6, 6.07) is 6.01. The molecule has 2 unspecified atom stereocenters. The van der Waals surface area contributed by atoms with Crippen molar-refractivity contribution in [3.8, 4) is 0 Å². The fraction of sp³-hybridized carbons (Fsp3) is 0.500. The van der Waals surface area contributed by atoms with Gasteiger partial charge in [-0.15, -0.1) is 0 Å². The highest BCUT2D eigenvalue weighted by Crippen LogP contribution is 2.24. The first-order chi connectivity index (χ1) is 9.19. The fourth-order valence-electron chi connectivity index (χ4n) is 2.52. The molecule has 2 rings (SSSR count). The molecule has 1 saturated carbocycles. The SMILES string of the molecule is O=C(CNC1CCCC1CO)Nc1cccc(F)c1. The van der Waals surface area contributed by atoms with Gasteiger partial charge in [-0.3, -0.25) is 4.79 Å². The van der Waals surface area contributed by atoms with E-state index in [0.717, 1.165) is 19.3 Å². The predicted octanol–water partition coefficient (Wildman–Crippen LogP) is 1.51. The van der Waals surface area contributed by atoms with E-state index in [1.54, 1.807) is 12.1 Å². The second-order valence-electron chi connectivity index (χ2n) is 4.92. The molecule has 0 spiro atoms. The van der Waals surface area contributed by atoms with Crippen LogP contribution in [0.2, 0.25) is 0 Å². The number of hydrogen-bond acceptors (Lipinski definition) is 3. The largest absolute Gasteiger partial charge is 0.396 e. The van der Waals surface area contributed by atoms with Crippen LogP contribution in [0.3, 0.4) is 0 Å². The first kappa shape index (κ1) is 14.0. The zero-order valence-electron chi connectivity index (χ0n) is 10.7. The molecule has 0 aromatic heterocycles. The van der Waals surface area contributed by atoms with E-state index in [-0.39, 0.29) is 36.8 Å². The van der Waals surface area contributed by atoms with E-state index in [1.807, 2.05) is 0 Å². The number of anilines is 1. The fourth-order valence-corrected chi connectivity index (χ4v) is 2.52. The van der Waals surface area contributed by atoms with Crippen molar-refractivity contribution in [3.63, 3.8) is 0 Å². The summed E-state index contributed by atoms with van der Waals surface area (Å²) >= 11 is 0. The number of carbonyl (C=O) groups is 1. The van der Waals surface area contributed by atoms with E-state index in [9.17, 15) is 14.3 Å². The summed E-state index contributed by atoms with van der Waals surface area (Å²) in [5.74, 6) is -0.335. The number of aliphatic hydroxyl groups excluding tert-OH is 1. The van der Waals surface area contributed by atoms with Gasteiger partial charge in [-0.05, 0) is 37.0 Å². The van der Waals surface area contributed by atoms with Gasteiger partial charge in [-0.25, -0.2) is 4.39 Å². The summed E-state index contributed by atoms with van der Waals surface area (Å²) in [6.07, 6.45) is 3.06. The molecule has 19 heavy (non-hydrogen) atoms. The van der Waals surface area contributed by atoms with Crippen LogP contribution in [0.4, 0.5) is 10.1 Å². The van der Waals surface area contributed by atoms with Crippen LogP contribution in [-0.2, 0) is 4.79 Å². The Balaban J connectivity index is 1.78. The van der Waals surface area contributed by atoms with Crippen molar-refractivity contribution >= 4 is 11.6 Å². The summed E-state index contributed by atoms with van der Waals surface area (Å²) < 4.78 is 13.0. The molecule has 1 aliphatic carbocycles. The smallest absolute Gasteiger partial charge is 0.238 e. The highest BCUT2D eigenvalue weighted by Gasteiger charge is 2.26. The van der Waals surface area contributed by atoms with Crippen LogP contribution >= 0.6 is 0 Å². The maximum atomic E-state index is 13.0. The standard InChI is InChI=1S/C14H19FN2O2/c15-11-4-2-5-12(7-11)17-14(19)8-16-13-6-1-3-10(13)9-18/h2,4-5,7,10,13,16,18H,1,3,6,8-9H2,(H,17,19). The Morgan fingerprint density at radius 1 is 1.42 bits per heavy atom. The average Bonchev–Trinajstić information content (AvgIpc) is 2.83. The van der Waals surface area contributed by atoms with Crippen molar-refractivity contribution in [1.82, 2.24) is 5.32 Å². The van der Waals surface area contributed by atoms with Gasteiger partial charge in [0.1, 0.15) is 5.82 Å². The lowest BCUT2D eigenvalue weighted by Gasteiger charge is -2.18. The van der Waals surface area contributed by atoms with E-state index < -0.39 is 0 Å². The Morgan fingerprint density at radius 2 is 2.26 bits per heavy atom. The minimum absolute atomic E-state index is 0.156. The van der Waals surface area contributed by atoms with Crippen LogP contribution in [0.25, 0.3) is 0 Å². The lowest BCUT2D eigenvalue weighted by Crippen LogP contribution is -2.39. The zero-order chi connectivity index (χ0) is 13.7. The van der Waals surface area contributed by atoms with Gasteiger partial charge in [-0.1, -0.05) is 12.5 Å². The van der Waals surface area contributed by atoms with Gasteiger partial charge in [0.05, 0.1) is 6.54 Å². The van der Waals surface area contributed by atoms with Crippen LogP contribution in [0, 0.1) is 11.7 Å². The molecule has 0 aliphatic heterocycles. The van der Waals surface area contributed by atoms with Crippen LogP contribution in [0.5, 0.6) is 0 Å². The molecule has 3 N–H and O–H groups in total. The van der Waals surface area contributed by atoms with E-state index in [0.29, 0.717) is 5.69 Å². The van der Waals surface area contributed by atoms with E-state index in [2.05, 4.69) is 10.6 Å². The number of amides is 1. The van der Waals surface area contributed by atoms with Gasteiger partial charge in [-0.2, -0.15) is 0 Å². The van der Waals surface area contributed by atoms with Crippen LogP contribution in [0.1, 0.15) is 19.3 Å². The molecule has 1 aliphatic rings. The molecule has 104 valence electrons. The van der Waals surface area contributed by atoms with Gasteiger partial charge in [0, 0.05) is 18.3 Å². The van der Waals surface area contributed by atoms with Crippen molar-refractivity contribution in [3.05, 3.63) is 30.1 Å². The molecule has 0 radical (unpaired) electrons. The summed E-state index contributed by atoms with van der Waals surface area (Å²) in [5.41, 5.74) is 0.455. The zero-order valence-corrected chi connectivity index (χ0v) is 10.7. The summed E-state index contributed by atoms with van der Waals surface area (Å²) in [7, 11) is 0. The van der Waals surface area contributed by atoms with Crippen molar-refractivity contribution in [2.45, 2.75) is 25.3 Å². The molecule has 1 fully saturated rings. The van der Waals surface area contributed by atoms with Crippen molar-refractivity contribution in [2.75, 3.05) is 18.5 Å². The molecule has 0 bridgehead atoms. The number of aliphatic hydroxyl groups is 1. The predicted molar refractivity (Wildman–Crippen MR) is 71.2 cm³/mol.